The molecule has 1 heterocycles. The highest BCUT2D eigenvalue weighted by atomic mass is 14.8. The summed E-state index contributed by atoms with van der Waals surface area (Å²) in [4.78, 5) is 8.60. The van der Waals surface area contributed by atoms with Gasteiger partial charge in [-0.15, -0.1) is 0 Å². The van der Waals surface area contributed by atoms with Crippen molar-refractivity contribution in [3.8, 4) is 11.8 Å². The molecule has 0 amide bonds. The number of aromatic nitrogens is 2. The quantitative estimate of drug-likeness (QED) is 0.630. The summed E-state index contributed by atoms with van der Waals surface area (Å²) in [7, 11) is 0. The van der Waals surface area contributed by atoms with E-state index in [2.05, 4.69) is 59.9 Å². The van der Waals surface area contributed by atoms with Crippen molar-refractivity contribution in [2.75, 3.05) is 0 Å². The molecule has 1 fully saturated rings. The second-order valence-electron chi connectivity index (χ2n) is 7.50. The Morgan fingerprint density at radius 2 is 1.62 bits per heavy atom. The molecule has 0 N–H and O–H groups in total. The van der Waals surface area contributed by atoms with Gasteiger partial charge in [0.25, 0.3) is 0 Å². The molecular formula is C24H30N2. The van der Waals surface area contributed by atoms with Crippen LogP contribution in [0.25, 0.3) is 0 Å². The zero-order valence-electron chi connectivity index (χ0n) is 16.2. The van der Waals surface area contributed by atoms with Crippen LogP contribution in [0.2, 0.25) is 0 Å². The van der Waals surface area contributed by atoms with Crippen molar-refractivity contribution >= 4 is 0 Å². The molecule has 1 aliphatic carbocycles. The minimum Gasteiger partial charge on any atom is -0.229 e. The van der Waals surface area contributed by atoms with Crippen LogP contribution in [0.1, 0.15) is 87.2 Å². The van der Waals surface area contributed by atoms with E-state index in [-0.39, 0.29) is 0 Å². The largest absolute Gasteiger partial charge is 0.229 e. The maximum Gasteiger partial charge on any atom is 0.205 e. The molecule has 1 aromatic heterocycles. The molecule has 2 heteroatoms. The highest BCUT2D eigenvalue weighted by Crippen LogP contribution is 2.37. The van der Waals surface area contributed by atoms with E-state index in [1.807, 2.05) is 12.4 Å². The van der Waals surface area contributed by atoms with Gasteiger partial charge in [0.15, 0.2) is 0 Å². The Kier molecular flexibility index (Phi) is 6.83. The first kappa shape index (κ1) is 18.6. The Labute approximate surface area is 158 Å². The zero-order valence-corrected chi connectivity index (χ0v) is 16.2. The number of benzene rings is 1. The first-order valence-electron chi connectivity index (χ1n) is 10.2. The van der Waals surface area contributed by atoms with Crippen molar-refractivity contribution in [3.63, 3.8) is 0 Å². The van der Waals surface area contributed by atoms with E-state index in [1.54, 1.807) is 0 Å². The fraction of sp³-hybridized carbons (Fsp3) is 0.500. The summed E-state index contributed by atoms with van der Waals surface area (Å²) in [5, 5.41) is 0. The molecule has 1 saturated carbocycles. The van der Waals surface area contributed by atoms with Crippen LogP contribution in [0.4, 0.5) is 0 Å². The molecule has 0 saturated heterocycles. The zero-order chi connectivity index (χ0) is 18.2. The van der Waals surface area contributed by atoms with Crippen LogP contribution in [0.15, 0.2) is 36.7 Å². The summed E-state index contributed by atoms with van der Waals surface area (Å²) in [6.07, 6.45) is 14.3. The van der Waals surface area contributed by atoms with Gasteiger partial charge in [0.1, 0.15) is 0 Å². The number of hydrogen-bond donors (Lipinski definition) is 0. The van der Waals surface area contributed by atoms with Crippen molar-refractivity contribution in [2.45, 2.75) is 71.1 Å². The number of aryl methyl sites for hydroxylation is 1. The van der Waals surface area contributed by atoms with Gasteiger partial charge in [-0.25, -0.2) is 9.97 Å². The van der Waals surface area contributed by atoms with E-state index in [0.29, 0.717) is 5.82 Å². The van der Waals surface area contributed by atoms with Crippen molar-refractivity contribution in [3.05, 3.63) is 59.2 Å². The molecule has 2 nitrogen and oxygen atoms in total. The lowest BCUT2D eigenvalue weighted by atomic mass is 9.77. The molecule has 0 radical (unpaired) electrons. The summed E-state index contributed by atoms with van der Waals surface area (Å²) in [5.41, 5.74) is 3.66. The normalized spacial score (nSPS) is 19.6. The van der Waals surface area contributed by atoms with E-state index in [1.165, 1.54) is 50.5 Å². The monoisotopic (exact) mass is 346 g/mol. The Hall–Kier alpha value is -2.14. The Balaban J connectivity index is 1.56. The van der Waals surface area contributed by atoms with Crippen LogP contribution < -0.4 is 0 Å². The van der Waals surface area contributed by atoms with Crippen LogP contribution in [-0.4, -0.2) is 9.97 Å². The lowest BCUT2D eigenvalue weighted by molar-refractivity contribution is 0.304. The third-order valence-electron chi connectivity index (χ3n) is 5.63. The maximum absolute atomic E-state index is 4.30. The summed E-state index contributed by atoms with van der Waals surface area (Å²) >= 11 is 0. The van der Waals surface area contributed by atoms with Crippen LogP contribution in [0.5, 0.6) is 0 Å². The number of rotatable bonds is 5. The highest BCUT2D eigenvalue weighted by Gasteiger charge is 2.21. The van der Waals surface area contributed by atoms with Gasteiger partial charge in [0.2, 0.25) is 5.82 Å². The fourth-order valence-corrected chi connectivity index (χ4v) is 3.85. The van der Waals surface area contributed by atoms with Crippen molar-refractivity contribution in [1.29, 1.82) is 0 Å². The van der Waals surface area contributed by atoms with Gasteiger partial charge in [-0.2, -0.15) is 0 Å². The summed E-state index contributed by atoms with van der Waals surface area (Å²) in [5.74, 6) is 8.55. The maximum atomic E-state index is 4.30. The molecule has 3 rings (SSSR count). The van der Waals surface area contributed by atoms with E-state index < -0.39 is 0 Å². The SMILES string of the molecule is CCCCC1CCC(c2ccc(C#Cc3ncc(CC)cn3)cc2)CC1. The molecule has 0 bridgehead atoms. The average molecular weight is 347 g/mol. The lowest BCUT2D eigenvalue weighted by Gasteiger charge is -2.28. The minimum absolute atomic E-state index is 0.594. The number of hydrogen-bond acceptors (Lipinski definition) is 2. The van der Waals surface area contributed by atoms with Crippen LogP contribution in [0.3, 0.4) is 0 Å². The topological polar surface area (TPSA) is 25.8 Å². The third kappa shape index (κ3) is 5.18. The molecule has 0 unspecified atom stereocenters. The fourth-order valence-electron chi connectivity index (χ4n) is 3.85. The summed E-state index contributed by atoms with van der Waals surface area (Å²) < 4.78 is 0. The second-order valence-corrected chi connectivity index (χ2v) is 7.50. The Bertz CT molecular complexity index is 727. The number of nitrogens with zero attached hydrogens (tertiary/aromatic N) is 2. The average Bonchev–Trinajstić information content (AvgIpc) is 2.72. The van der Waals surface area contributed by atoms with Crippen molar-refractivity contribution < 1.29 is 0 Å². The van der Waals surface area contributed by atoms with Gasteiger partial charge in [0, 0.05) is 18.0 Å². The molecule has 26 heavy (non-hydrogen) atoms. The van der Waals surface area contributed by atoms with E-state index in [4.69, 9.17) is 0 Å². The molecular weight excluding hydrogens is 316 g/mol. The van der Waals surface area contributed by atoms with Gasteiger partial charge in [0.05, 0.1) is 0 Å². The smallest absolute Gasteiger partial charge is 0.205 e. The van der Waals surface area contributed by atoms with Gasteiger partial charge >= 0.3 is 0 Å². The second kappa shape index (κ2) is 9.53. The predicted octanol–water partition coefficient (Wildman–Crippen LogP) is 5.90. The Morgan fingerprint density at radius 1 is 0.923 bits per heavy atom. The van der Waals surface area contributed by atoms with Gasteiger partial charge in [-0.1, -0.05) is 51.2 Å². The van der Waals surface area contributed by atoms with Gasteiger partial charge in [-0.05, 0) is 73.1 Å². The first-order chi connectivity index (χ1) is 12.8. The number of unbranched alkanes of at least 4 members (excludes halogenated alkanes) is 1. The minimum atomic E-state index is 0.594. The third-order valence-corrected chi connectivity index (χ3v) is 5.63. The van der Waals surface area contributed by atoms with E-state index in [9.17, 15) is 0 Å². The summed E-state index contributed by atoms with van der Waals surface area (Å²) in [6.45, 7) is 4.39. The van der Waals surface area contributed by atoms with Crippen LogP contribution >= 0.6 is 0 Å². The van der Waals surface area contributed by atoms with Gasteiger partial charge < -0.3 is 0 Å². The van der Waals surface area contributed by atoms with Crippen molar-refractivity contribution in [2.24, 2.45) is 5.92 Å². The van der Waals surface area contributed by atoms with Gasteiger partial charge in [-0.3, -0.25) is 0 Å². The molecule has 1 aliphatic rings. The van der Waals surface area contributed by atoms with Crippen molar-refractivity contribution in [1.82, 2.24) is 9.97 Å². The molecule has 0 aliphatic heterocycles. The molecule has 2 aromatic rings. The molecule has 0 spiro atoms. The molecule has 1 aromatic carbocycles. The predicted molar refractivity (Wildman–Crippen MR) is 108 cm³/mol. The molecule has 136 valence electrons. The lowest BCUT2D eigenvalue weighted by Crippen LogP contribution is -2.13. The molecule has 0 atom stereocenters. The highest BCUT2D eigenvalue weighted by molar-refractivity contribution is 5.40. The Morgan fingerprint density at radius 3 is 2.23 bits per heavy atom. The van der Waals surface area contributed by atoms with Crippen LogP contribution in [0, 0.1) is 17.8 Å². The van der Waals surface area contributed by atoms with Crippen LogP contribution in [-0.2, 0) is 6.42 Å². The first-order valence-corrected chi connectivity index (χ1v) is 10.2. The van der Waals surface area contributed by atoms with E-state index in [0.717, 1.165) is 29.4 Å². The standard InChI is InChI=1S/C24H30N2/c1-3-5-6-20-7-12-22(13-8-20)23-14-9-21(10-15-23)11-16-24-25-17-19(4-2)18-26-24/h9-10,14-15,17-18,20,22H,3-8,12-13H2,1-2H3. The van der Waals surface area contributed by atoms with E-state index >= 15 is 0 Å². The summed E-state index contributed by atoms with van der Waals surface area (Å²) in [6, 6.07) is 8.82.